The van der Waals surface area contributed by atoms with E-state index in [-0.39, 0.29) is 5.78 Å². The van der Waals surface area contributed by atoms with Crippen molar-refractivity contribution in [2.45, 2.75) is 31.1 Å². The third-order valence-electron chi connectivity index (χ3n) is 13.3. The number of hydrogen-bond acceptors (Lipinski definition) is 2. The van der Waals surface area contributed by atoms with E-state index >= 15 is 0 Å². The van der Waals surface area contributed by atoms with Crippen molar-refractivity contribution in [1.82, 2.24) is 0 Å². The number of rotatable bonds is 4. The van der Waals surface area contributed by atoms with Crippen LogP contribution in [0.2, 0.25) is 0 Å². The second-order valence-corrected chi connectivity index (χ2v) is 16.5. The number of hydrogen-bond donors (Lipinski definition) is 0. The minimum atomic E-state index is -0.529. The quantitative estimate of drug-likeness (QED) is 0.167. The highest BCUT2D eigenvalue weighted by Crippen LogP contribution is 2.57. The van der Waals surface area contributed by atoms with Crippen molar-refractivity contribution >= 4 is 27.7 Å². The van der Waals surface area contributed by atoms with Crippen LogP contribution in [0.3, 0.4) is 0 Å². The number of carbonyl (C=O) groups excluding carboxylic acids is 1. The molecule has 0 aliphatic heterocycles. The number of benzene rings is 8. The summed E-state index contributed by atoms with van der Waals surface area (Å²) in [6.07, 6.45) is 10.6. The summed E-state index contributed by atoms with van der Waals surface area (Å²) in [6.45, 7) is 0. The molecule has 1 heterocycles. The van der Waals surface area contributed by atoms with Crippen molar-refractivity contribution in [3.63, 3.8) is 0 Å². The lowest BCUT2D eigenvalue weighted by atomic mass is 9.66. The second kappa shape index (κ2) is 13.6. The molecular formula is C58H40O2. The van der Waals surface area contributed by atoms with Crippen LogP contribution in [0.1, 0.15) is 67.7 Å². The molecule has 0 radical (unpaired) electrons. The first-order chi connectivity index (χ1) is 29.7. The van der Waals surface area contributed by atoms with Gasteiger partial charge in [0.2, 0.25) is 0 Å². The van der Waals surface area contributed by atoms with Gasteiger partial charge in [-0.15, -0.1) is 0 Å². The Kier molecular flexibility index (Phi) is 7.90. The lowest BCUT2D eigenvalue weighted by Crippen LogP contribution is -2.29. The van der Waals surface area contributed by atoms with Crippen LogP contribution in [0.4, 0.5) is 0 Å². The molecule has 0 bridgehead atoms. The molecule has 3 aliphatic carbocycles. The Balaban J connectivity index is 1.01. The smallest absolute Gasteiger partial charge is 0.193 e. The third-order valence-corrected chi connectivity index (χ3v) is 13.3. The van der Waals surface area contributed by atoms with Crippen molar-refractivity contribution in [1.29, 1.82) is 0 Å². The lowest BCUT2D eigenvalue weighted by molar-refractivity contribution is 0.103. The lowest BCUT2D eigenvalue weighted by Gasteiger charge is -2.35. The SMILES string of the molecule is O=C(c1ccc2c(c1)C(C1=CCCC=C1)(c1ccccc1)c1ccccc1-2)c1ccc2oc3c4c(ccc3c2c1)Cc1ccccc1-c1ccccc1Cc1ccccc1-4. The van der Waals surface area contributed by atoms with E-state index in [4.69, 9.17) is 4.42 Å². The van der Waals surface area contributed by atoms with Crippen molar-refractivity contribution in [3.05, 3.63) is 250 Å². The zero-order valence-corrected chi connectivity index (χ0v) is 33.1. The Bertz CT molecular complexity index is 3280. The topological polar surface area (TPSA) is 30.2 Å². The average molecular weight is 769 g/mol. The van der Waals surface area contributed by atoms with E-state index < -0.39 is 5.41 Å². The first-order valence-corrected chi connectivity index (χ1v) is 21.1. The van der Waals surface area contributed by atoms with Gasteiger partial charge in [-0.3, -0.25) is 4.79 Å². The molecule has 9 aromatic rings. The molecular weight excluding hydrogens is 729 g/mol. The van der Waals surface area contributed by atoms with E-state index in [1.54, 1.807) is 0 Å². The van der Waals surface area contributed by atoms with Gasteiger partial charge in [0.05, 0.1) is 5.41 Å². The predicted octanol–water partition coefficient (Wildman–Crippen LogP) is 14.2. The molecule has 12 rings (SSSR count). The van der Waals surface area contributed by atoms with E-state index in [0.717, 1.165) is 58.7 Å². The first kappa shape index (κ1) is 34.7. The molecule has 284 valence electrons. The van der Waals surface area contributed by atoms with Crippen LogP contribution >= 0.6 is 0 Å². The fourth-order valence-electron chi connectivity index (χ4n) is 10.6. The number of carbonyl (C=O) groups is 1. The van der Waals surface area contributed by atoms with Crippen molar-refractivity contribution in [2.24, 2.45) is 0 Å². The van der Waals surface area contributed by atoms with Crippen molar-refractivity contribution in [3.8, 4) is 33.4 Å². The Morgan fingerprint density at radius 2 is 1.10 bits per heavy atom. The van der Waals surface area contributed by atoms with Gasteiger partial charge in [0.25, 0.3) is 0 Å². The Morgan fingerprint density at radius 3 is 1.85 bits per heavy atom. The molecule has 1 unspecified atom stereocenters. The molecule has 3 aliphatic rings. The van der Waals surface area contributed by atoms with Crippen LogP contribution in [-0.4, -0.2) is 5.78 Å². The molecule has 2 nitrogen and oxygen atoms in total. The number of furan rings is 1. The first-order valence-electron chi connectivity index (χ1n) is 21.1. The molecule has 0 spiro atoms. The van der Waals surface area contributed by atoms with Crippen LogP contribution in [0.15, 0.2) is 204 Å². The van der Waals surface area contributed by atoms with Gasteiger partial charge in [-0.2, -0.15) is 0 Å². The molecule has 0 N–H and O–H groups in total. The number of allylic oxidation sites excluding steroid dienone is 4. The number of fused-ring (bicyclic) bond motifs is 13. The average Bonchev–Trinajstić information content (AvgIpc) is 3.83. The summed E-state index contributed by atoms with van der Waals surface area (Å²) in [5, 5.41) is 1.96. The van der Waals surface area contributed by atoms with Crippen molar-refractivity contribution < 1.29 is 9.21 Å². The maximum Gasteiger partial charge on any atom is 0.193 e. The minimum absolute atomic E-state index is 0.000244. The van der Waals surface area contributed by atoms with Crippen LogP contribution in [0.25, 0.3) is 55.3 Å². The van der Waals surface area contributed by atoms with Crippen LogP contribution < -0.4 is 0 Å². The maximum atomic E-state index is 14.9. The highest BCUT2D eigenvalue weighted by atomic mass is 16.3. The molecule has 1 aromatic heterocycles. The van der Waals surface area contributed by atoms with Gasteiger partial charge in [-0.1, -0.05) is 170 Å². The summed E-state index contributed by atoms with van der Waals surface area (Å²) < 4.78 is 6.89. The molecule has 1 atom stereocenters. The zero-order chi connectivity index (χ0) is 39.8. The van der Waals surface area contributed by atoms with E-state index in [1.165, 1.54) is 66.8 Å². The van der Waals surface area contributed by atoms with Gasteiger partial charge in [-0.25, -0.2) is 0 Å². The molecule has 0 amide bonds. The molecule has 8 aromatic carbocycles. The predicted molar refractivity (Wildman–Crippen MR) is 245 cm³/mol. The maximum absolute atomic E-state index is 14.9. The third kappa shape index (κ3) is 5.17. The summed E-state index contributed by atoms with van der Waals surface area (Å²) in [4.78, 5) is 14.9. The van der Waals surface area contributed by atoms with Crippen LogP contribution in [0.5, 0.6) is 0 Å². The highest BCUT2D eigenvalue weighted by molar-refractivity contribution is 6.16. The fraction of sp³-hybridized carbons (Fsp3) is 0.0862. The monoisotopic (exact) mass is 768 g/mol. The van der Waals surface area contributed by atoms with Gasteiger partial charge in [0, 0.05) is 27.5 Å². The normalized spacial score (nSPS) is 16.2. The Hall–Kier alpha value is -7.29. The zero-order valence-electron chi connectivity index (χ0n) is 33.1. The summed E-state index contributed by atoms with van der Waals surface area (Å²) in [5.41, 5.74) is 19.7. The standard InChI is InChI=1S/C58H40O2/c59-56(42-28-30-49-48-25-13-14-26-52(48)58(53(49)36-42,43-18-3-1-4-19-43)44-20-5-2-6-21-44)41-29-32-54-51(35-41)50-31-27-40-34-38-16-8-11-23-46(38)45-22-10-7-15-37(45)33-39-17-9-12-24-47(39)55(40)57(50)60-54/h1,3-5,7-32,35-36H,2,6,33-34H2. The van der Waals surface area contributed by atoms with Crippen LogP contribution in [0, 0.1) is 0 Å². The van der Waals surface area contributed by atoms with Crippen molar-refractivity contribution in [2.75, 3.05) is 0 Å². The molecule has 0 saturated heterocycles. The summed E-state index contributed by atoms with van der Waals surface area (Å²) in [6, 6.07) is 62.8. The fourth-order valence-corrected chi connectivity index (χ4v) is 10.6. The van der Waals surface area contributed by atoms with E-state index in [9.17, 15) is 4.79 Å². The molecule has 60 heavy (non-hydrogen) atoms. The number of ketones is 1. The van der Waals surface area contributed by atoms with Gasteiger partial charge in [0.15, 0.2) is 5.78 Å². The summed E-state index contributed by atoms with van der Waals surface area (Å²) in [5.74, 6) is -0.000244. The van der Waals surface area contributed by atoms with E-state index in [2.05, 4.69) is 170 Å². The molecule has 2 heteroatoms. The second-order valence-electron chi connectivity index (χ2n) is 16.5. The molecule has 0 saturated carbocycles. The Morgan fingerprint density at radius 1 is 0.483 bits per heavy atom. The largest absolute Gasteiger partial charge is 0.455 e. The highest BCUT2D eigenvalue weighted by Gasteiger charge is 2.47. The van der Waals surface area contributed by atoms with Gasteiger partial charge in [-0.05, 0) is 122 Å². The van der Waals surface area contributed by atoms with Crippen LogP contribution in [-0.2, 0) is 18.3 Å². The van der Waals surface area contributed by atoms with Gasteiger partial charge in [0.1, 0.15) is 11.2 Å². The summed E-state index contributed by atoms with van der Waals surface area (Å²) in [7, 11) is 0. The van der Waals surface area contributed by atoms with E-state index in [0.29, 0.717) is 11.1 Å². The van der Waals surface area contributed by atoms with E-state index in [1.807, 2.05) is 24.3 Å². The Labute approximate surface area is 349 Å². The van der Waals surface area contributed by atoms with Gasteiger partial charge >= 0.3 is 0 Å². The summed E-state index contributed by atoms with van der Waals surface area (Å²) >= 11 is 0. The van der Waals surface area contributed by atoms with Gasteiger partial charge < -0.3 is 4.42 Å². The minimum Gasteiger partial charge on any atom is -0.455 e. The molecule has 0 fully saturated rings.